The van der Waals surface area contributed by atoms with Crippen LogP contribution in [-0.4, -0.2) is 27.7 Å². The molecular formula is C10H17NO4. The average Bonchev–Trinajstić information content (AvgIpc) is 2.28. The lowest BCUT2D eigenvalue weighted by molar-refractivity contribution is -0.159. The maximum atomic E-state index is 11.2. The minimum atomic E-state index is -1.46. The molecule has 5 heteroatoms. The first-order valence-corrected chi connectivity index (χ1v) is 4.85. The van der Waals surface area contributed by atoms with E-state index >= 15 is 0 Å². The Bertz CT molecular complexity index is 295. The second-order valence-corrected chi connectivity index (χ2v) is 5.04. The van der Waals surface area contributed by atoms with Gasteiger partial charge >= 0.3 is 11.9 Å². The topological polar surface area (TPSA) is 101 Å². The number of hydrogen-bond donors (Lipinski definition) is 3. The van der Waals surface area contributed by atoms with Crippen LogP contribution in [0.5, 0.6) is 0 Å². The quantitative estimate of drug-likeness (QED) is 0.628. The van der Waals surface area contributed by atoms with Gasteiger partial charge in [0.2, 0.25) is 0 Å². The molecule has 4 N–H and O–H groups in total. The summed E-state index contributed by atoms with van der Waals surface area (Å²) in [7, 11) is 0. The second-order valence-electron chi connectivity index (χ2n) is 5.04. The standard InChI is InChI=1S/C10H17NO4/c1-8(2)9(3,6(12)13)4-5-10(8,11)7(14)15/h4-5,11H2,1-3H3,(H,12,13)(H,14,15)/t9-,10+/m1/s1. The fraction of sp³-hybridized carbons (Fsp3) is 0.800. The van der Waals surface area contributed by atoms with E-state index in [4.69, 9.17) is 10.8 Å². The largest absolute Gasteiger partial charge is 0.481 e. The fourth-order valence-corrected chi connectivity index (χ4v) is 2.31. The lowest BCUT2D eigenvalue weighted by Crippen LogP contribution is -2.60. The monoisotopic (exact) mass is 215 g/mol. The lowest BCUT2D eigenvalue weighted by atomic mass is 9.63. The van der Waals surface area contributed by atoms with Crippen LogP contribution in [-0.2, 0) is 9.59 Å². The summed E-state index contributed by atoms with van der Waals surface area (Å²) < 4.78 is 0. The van der Waals surface area contributed by atoms with Gasteiger partial charge in [-0.2, -0.15) is 0 Å². The van der Waals surface area contributed by atoms with Crippen molar-refractivity contribution in [2.45, 2.75) is 39.2 Å². The first-order chi connectivity index (χ1) is 6.59. The minimum absolute atomic E-state index is 0.193. The Kier molecular flexibility index (Phi) is 2.35. The third-order valence-corrected chi connectivity index (χ3v) is 4.37. The molecule has 1 fully saturated rings. The van der Waals surface area contributed by atoms with E-state index in [2.05, 4.69) is 0 Å². The normalized spacial score (nSPS) is 38.9. The molecule has 15 heavy (non-hydrogen) atoms. The highest BCUT2D eigenvalue weighted by Gasteiger charge is 2.65. The molecule has 0 bridgehead atoms. The van der Waals surface area contributed by atoms with Crippen LogP contribution < -0.4 is 5.73 Å². The summed E-state index contributed by atoms with van der Waals surface area (Å²) >= 11 is 0. The maximum Gasteiger partial charge on any atom is 0.324 e. The van der Waals surface area contributed by atoms with Gasteiger partial charge in [0.15, 0.2) is 0 Å². The van der Waals surface area contributed by atoms with Crippen molar-refractivity contribution in [3.8, 4) is 0 Å². The summed E-state index contributed by atoms with van der Waals surface area (Å²) in [6, 6.07) is 0. The molecule has 0 aromatic carbocycles. The van der Waals surface area contributed by atoms with Crippen LogP contribution >= 0.6 is 0 Å². The van der Waals surface area contributed by atoms with Crippen LogP contribution in [0.3, 0.4) is 0 Å². The van der Waals surface area contributed by atoms with Gasteiger partial charge in [-0.15, -0.1) is 0 Å². The Balaban J connectivity index is 3.26. The summed E-state index contributed by atoms with van der Waals surface area (Å²) in [5, 5.41) is 18.3. The highest BCUT2D eigenvalue weighted by atomic mass is 16.4. The smallest absolute Gasteiger partial charge is 0.324 e. The van der Waals surface area contributed by atoms with Gasteiger partial charge in [-0.25, -0.2) is 0 Å². The molecule has 1 saturated carbocycles. The highest BCUT2D eigenvalue weighted by Crippen LogP contribution is 2.57. The number of carbonyl (C=O) groups is 2. The number of carboxylic acids is 2. The van der Waals surface area contributed by atoms with E-state index in [0.29, 0.717) is 0 Å². The Hall–Kier alpha value is -1.10. The van der Waals surface area contributed by atoms with Crippen molar-refractivity contribution in [1.82, 2.24) is 0 Å². The Morgan fingerprint density at radius 2 is 1.53 bits per heavy atom. The first-order valence-electron chi connectivity index (χ1n) is 4.85. The van der Waals surface area contributed by atoms with Gasteiger partial charge in [0.25, 0.3) is 0 Å². The molecule has 0 saturated heterocycles. The molecule has 0 radical (unpaired) electrons. The molecule has 1 aliphatic carbocycles. The summed E-state index contributed by atoms with van der Waals surface area (Å²) in [6.45, 7) is 4.79. The van der Waals surface area contributed by atoms with E-state index in [-0.39, 0.29) is 12.8 Å². The van der Waals surface area contributed by atoms with Crippen LogP contribution in [0, 0.1) is 10.8 Å². The summed E-state index contributed by atoms with van der Waals surface area (Å²) in [4.78, 5) is 22.3. The minimum Gasteiger partial charge on any atom is -0.481 e. The van der Waals surface area contributed by atoms with Gasteiger partial charge in [0.1, 0.15) is 5.54 Å². The van der Waals surface area contributed by atoms with Crippen molar-refractivity contribution < 1.29 is 19.8 Å². The van der Waals surface area contributed by atoms with E-state index < -0.39 is 28.3 Å². The molecule has 2 atom stereocenters. The summed E-state index contributed by atoms with van der Waals surface area (Å²) in [5.74, 6) is -2.11. The summed E-state index contributed by atoms with van der Waals surface area (Å²) in [6.07, 6.45) is 0.482. The zero-order valence-electron chi connectivity index (χ0n) is 9.20. The molecule has 5 nitrogen and oxygen atoms in total. The molecule has 1 aliphatic rings. The molecule has 1 rings (SSSR count). The van der Waals surface area contributed by atoms with Crippen LogP contribution in [0.25, 0.3) is 0 Å². The SMILES string of the molecule is CC1(C)[C@@](C)(C(=O)O)CC[C@]1(N)C(=O)O. The van der Waals surface area contributed by atoms with Crippen molar-refractivity contribution in [3.05, 3.63) is 0 Å². The Morgan fingerprint density at radius 1 is 1.07 bits per heavy atom. The third kappa shape index (κ3) is 1.19. The van der Waals surface area contributed by atoms with Gasteiger partial charge in [-0.05, 0) is 19.8 Å². The number of carboxylic acid groups (broad SMARTS) is 2. The molecule has 0 aromatic rings. The fourth-order valence-electron chi connectivity index (χ4n) is 2.31. The second kappa shape index (κ2) is 2.95. The highest BCUT2D eigenvalue weighted by molar-refractivity contribution is 5.85. The molecule has 0 spiro atoms. The van der Waals surface area contributed by atoms with Gasteiger partial charge in [-0.1, -0.05) is 13.8 Å². The predicted molar refractivity (Wildman–Crippen MR) is 53.3 cm³/mol. The molecule has 86 valence electrons. The molecule has 0 amide bonds. The van der Waals surface area contributed by atoms with Crippen LogP contribution in [0.15, 0.2) is 0 Å². The van der Waals surface area contributed by atoms with Crippen molar-refractivity contribution in [2.24, 2.45) is 16.6 Å². The zero-order chi connectivity index (χ0) is 12.1. The first kappa shape index (κ1) is 12.0. The van der Waals surface area contributed by atoms with E-state index in [1.807, 2.05) is 0 Å². The number of aliphatic carboxylic acids is 2. The van der Waals surface area contributed by atoms with Crippen molar-refractivity contribution >= 4 is 11.9 Å². The van der Waals surface area contributed by atoms with E-state index in [1.54, 1.807) is 20.8 Å². The maximum absolute atomic E-state index is 11.2. The number of hydrogen-bond acceptors (Lipinski definition) is 3. The van der Waals surface area contributed by atoms with Gasteiger partial charge in [-0.3, -0.25) is 9.59 Å². The van der Waals surface area contributed by atoms with E-state index in [0.717, 1.165) is 0 Å². The van der Waals surface area contributed by atoms with Gasteiger partial charge < -0.3 is 15.9 Å². The zero-order valence-corrected chi connectivity index (χ0v) is 9.20. The van der Waals surface area contributed by atoms with Crippen LogP contribution in [0.1, 0.15) is 33.6 Å². The Morgan fingerprint density at radius 3 is 1.73 bits per heavy atom. The molecule has 0 aliphatic heterocycles. The van der Waals surface area contributed by atoms with Gasteiger partial charge in [0, 0.05) is 5.41 Å². The molecular weight excluding hydrogens is 198 g/mol. The summed E-state index contributed by atoms with van der Waals surface area (Å²) in [5.41, 5.74) is 2.31. The van der Waals surface area contributed by atoms with Crippen LogP contribution in [0.4, 0.5) is 0 Å². The predicted octanol–water partition coefficient (Wildman–Crippen LogP) is 0.679. The average molecular weight is 215 g/mol. The van der Waals surface area contributed by atoms with Crippen LogP contribution in [0.2, 0.25) is 0 Å². The third-order valence-electron chi connectivity index (χ3n) is 4.37. The molecule has 0 aromatic heterocycles. The van der Waals surface area contributed by atoms with E-state index in [1.165, 1.54) is 0 Å². The van der Waals surface area contributed by atoms with E-state index in [9.17, 15) is 14.7 Å². The van der Waals surface area contributed by atoms with Gasteiger partial charge in [0.05, 0.1) is 5.41 Å². The molecule has 0 heterocycles. The number of rotatable bonds is 2. The number of nitrogens with two attached hydrogens (primary N) is 1. The lowest BCUT2D eigenvalue weighted by Gasteiger charge is -2.42. The Labute approximate surface area is 88.3 Å². The van der Waals surface area contributed by atoms with Crippen molar-refractivity contribution in [2.75, 3.05) is 0 Å². The van der Waals surface area contributed by atoms with Crippen molar-refractivity contribution in [1.29, 1.82) is 0 Å². The molecule has 0 unspecified atom stereocenters. The van der Waals surface area contributed by atoms with Crippen molar-refractivity contribution in [3.63, 3.8) is 0 Å².